The quantitative estimate of drug-likeness (QED) is 0.628. The van der Waals surface area contributed by atoms with E-state index in [1.54, 1.807) is 0 Å². The molecule has 0 fully saturated rings. The molecule has 0 radical (unpaired) electrons. The summed E-state index contributed by atoms with van der Waals surface area (Å²) < 4.78 is 0. The van der Waals surface area contributed by atoms with Crippen molar-refractivity contribution in [2.75, 3.05) is 0 Å². The van der Waals surface area contributed by atoms with Crippen molar-refractivity contribution in [2.24, 2.45) is 0 Å². The molecule has 66 valence electrons. The Morgan fingerprint density at radius 2 is 2.17 bits per heavy atom. The topological polar surface area (TPSA) is 0 Å². The third kappa shape index (κ3) is 2.86. The van der Waals surface area contributed by atoms with Gasteiger partial charge in [0.2, 0.25) is 0 Å². The van der Waals surface area contributed by atoms with Gasteiger partial charge in [-0.1, -0.05) is 36.8 Å². The monoisotopic (exact) mass is 182 g/mol. The highest BCUT2D eigenvalue weighted by molar-refractivity contribution is 6.20. The molecule has 0 aliphatic carbocycles. The normalized spacial score (nSPS) is 12.9. The van der Waals surface area contributed by atoms with E-state index in [9.17, 15) is 0 Å². The summed E-state index contributed by atoms with van der Waals surface area (Å²) in [6.45, 7) is 4.23. The van der Waals surface area contributed by atoms with Gasteiger partial charge in [0.15, 0.2) is 0 Å². The molecule has 1 atom stereocenters. The fourth-order valence-corrected chi connectivity index (χ4v) is 1.42. The molecule has 0 N–H and O–H groups in total. The van der Waals surface area contributed by atoms with Crippen LogP contribution in [0.25, 0.3) is 0 Å². The highest BCUT2D eigenvalue weighted by Gasteiger charge is 2.02. The first-order valence-corrected chi connectivity index (χ1v) is 4.85. The summed E-state index contributed by atoms with van der Waals surface area (Å²) in [5.74, 6) is 0. The Morgan fingerprint density at radius 1 is 1.42 bits per heavy atom. The Hall–Kier alpha value is -0.490. The first-order chi connectivity index (χ1) is 5.72. The van der Waals surface area contributed by atoms with Crippen molar-refractivity contribution in [3.05, 3.63) is 35.4 Å². The summed E-state index contributed by atoms with van der Waals surface area (Å²) in [7, 11) is 0. The molecule has 0 amide bonds. The number of hydrogen-bond acceptors (Lipinski definition) is 0. The van der Waals surface area contributed by atoms with Gasteiger partial charge in [-0.15, -0.1) is 11.6 Å². The fraction of sp³-hybridized carbons (Fsp3) is 0.455. The van der Waals surface area contributed by atoms with Crippen LogP contribution >= 0.6 is 11.6 Å². The van der Waals surface area contributed by atoms with Crippen molar-refractivity contribution < 1.29 is 0 Å². The van der Waals surface area contributed by atoms with Gasteiger partial charge in [0.1, 0.15) is 0 Å². The largest absolute Gasteiger partial charge is 0.123 e. The van der Waals surface area contributed by atoms with Crippen LogP contribution in [0.1, 0.15) is 24.5 Å². The van der Waals surface area contributed by atoms with Crippen LogP contribution in [0.5, 0.6) is 0 Å². The average molecular weight is 183 g/mol. The first-order valence-electron chi connectivity index (χ1n) is 4.42. The molecule has 0 spiro atoms. The predicted octanol–water partition coefficient (Wildman–Crippen LogP) is 3.55. The average Bonchev–Trinajstić information content (AvgIpc) is 2.04. The third-order valence-corrected chi connectivity index (χ3v) is 2.45. The summed E-state index contributed by atoms with van der Waals surface area (Å²) in [6, 6.07) is 8.53. The van der Waals surface area contributed by atoms with Gasteiger partial charge in [-0.3, -0.25) is 0 Å². The summed E-state index contributed by atoms with van der Waals surface area (Å²) in [6.07, 6.45) is 2.02. The van der Waals surface area contributed by atoms with E-state index in [1.807, 2.05) is 0 Å². The van der Waals surface area contributed by atoms with Gasteiger partial charge in [0, 0.05) is 5.38 Å². The number of halogens is 1. The highest BCUT2D eigenvalue weighted by Crippen LogP contribution is 2.12. The maximum absolute atomic E-state index is 6.05. The Morgan fingerprint density at radius 3 is 2.75 bits per heavy atom. The van der Waals surface area contributed by atoms with E-state index in [1.165, 1.54) is 11.1 Å². The lowest BCUT2D eigenvalue weighted by atomic mass is 10.1. The molecule has 0 aliphatic rings. The van der Waals surface area contributed by atoms with Crippen molar-refractivity contribution >= 4 is 11.6 Å². The van der Waals surface area contributed by atoms with Crippen molar-refractivity contribution in [1.82, 2.24) is 0 Å². The summed E-state index contributed by atoms with van der Waals surface area (Å²) in [4.78, 5) is 0. The van der Waals surface area contributed by atoms with Crippen molar-refractivity contribution in [1.29, 1.82) is 0 Å². The van der Waals surface area contributed by atoms with Crippen molar-refractivity contribution in [2.45, 2.75) is 32.1 Å². The Bertz CT molecular complexity index is 243. The molecule has 0 aliphatic heterocycles. The molecular weight excluding hydrogens is 168 g/mol. The van der Waals surface area contributed by atoms with Crippen LogP contribution in [0, 0.1) is 6.92 Å². The van der Waals surface area contributed by atoms with Crippen LogP contribution in [0.2, 0.25) is 0 Å². The second-order valence-electron chi connectivity index (χ2n) is 3.20. The van der Waals surface area contributed by atoms with Crippen LogP contribution in [-0.2, 0) is 6.42 Å². The molecule has 0 saturated heterocycles. The third-order valence-electron chi connectivity index (χ3n) is 1.98. The number of aryl methyl sites for hydroxylation is 1. The summed E-state index contributed by atoms with van der Waals surface area (Å²) >= 11 is 6.05. The number of rotatable bonds is 3. The van der Waals surface area contributed by atoms with Gasteiger partial charge in [-0.25, -0.2) is 0 Å². The molecule has 0 heterocycles. The molecule has 1 aromatic rings. The molecule has 1 rings (SSSR count). The van der Waals surface area contributed by atoms with Gasteiger partial charge < -0.3 is 0 Å². The molecule has 1 heteroatoms. The molecule has 0 saturated carbocycles. The lowest BCUT2D eigenvalue weighted by Gasteiger charge is -2.06. The Kier molecular flexibility index (Phi) is 3.61. The van der Waals surface area contributed by atoms with E-state index in [-0.39, 0.29) is 5.38 Å². The Balaban J connectivity index is 2.63. The molecule has 12 heavy (non-hydrogen) atoms. The van der Waals surface area contributed by atoms with Crippen LogP contribution in [0.15, 0.2) is 24.3 Å². The SMILES string of the molecule is CCC(Cl)Cc1cccc(C)c1. The van der Waals surface area contributed by atoms with E-state index in [4.69, 9.17) is 11.6 Å². The molecular formula is C11H15Cl. The molecule has 0 aromatic heterocycles. The second kappa shape index (κ2) is 4.51. The summed E-state index contributed by atoms with van der Waals surface area (Å²) in [5, 5.41) is 0.284. The minimum absolute atomic E-state index is 0.284. The maximum atomic E-state index is 6.05. The zero-order valence-corrected chi connectivity index (χ0v) is 8.43. The van der Waals surface area contributed by atoms with E-state index >= 15 is 0 Å². The standard InChI is InChI=1S/C11H15Cl/c1-3-11(12)8-10-6-4-5-9(2)7-10/h4-7,11H,3,8H2,1-2H3. The highest BCUT2D eigenvalue weighted by atomic mass is 35.5. The molecule has 1 aromatic carbocycles. The van der Waals surface area contributed by atoms with E-state index in [2.05, 4.69) is 38.1 Å². The second-order valence-corrected chi connectivity index (χ2v) is 3.82. The van der Waals surface area contributed by atoms with Crippen molar-refractivity contribution in [3.8, 4) is 0 Å². The van der Waals surface area contributed by atoms with Gasteiger partial charge in [0.25, 0.3) is 0 Å². The van der Waals surface area contributed by atoms with Gasteiger partial charge in [-0.2, -0.15) is 0 Å². The van der Waals surface area contributed by atoms with Crippen LogP contribution in [0.4, 0.5) is 0 Å². The zero-order chi connectivity index (χ0) is 8.97. The first kappa shape index (κ1) is 9.60. The number of alkyl halides is 1. The van der Waals surface area contributed by atoms with Gasteiger partial charge in [0.05, 0.1) is 0 Å². The zero-order valence-electron chi connectivity index (χ0n) is 7.68. The summed E-state index contributed by atoms with van der Waals surface area (Å²) in [5.41, 5.74) is 2.66. The van der Waals surface area contributed by atoms with Gasteiger partial charge >= 0.3 is 0 Å². The number of hydrogen-bond donors (Lipinski definition) is 0. The minimum Gasteiger partial charge on any atom is -0.123 e. The smallest absolute Gasteiger partial charge is 0.0373 e. The van der Waals surface area contributed by atoms with Crippen LogP contribution < -0.4 is 0 Å². The lowest BCUT2D eigenvalue weighted by Crippen LogP contribution is -2.00. The molecule has 0 bridgehead atoms. The molecule has 0 nitrogen and oxygen atoms in total. The van der Waals surface area contributed by atoms with Gasteiger partial charge in [-0.05, 0) is 25.3 Å². The predicted molar refractivity (Wildman–Crippen MR) is 54.8 cm³/mol. The van der Waals surface area contributed by atoms with Crippen molar-refractivity contribution in [3.63, 3.8) is 0 Å². The number of benzene rings is 1. The Labute approximate surface area is 79.6 Å². The van der Waals surface area contributed by atoms with E-state index in [0.717, 1.165) is 12.8 Å². The van der Waals surface area contributed by atoms with Crippen LogP contribution in [0.3, 0.4) is 0 Å². The molecule has 1 unspecified atom stereocenters. The van der Waals surface area contributed by atoms with E-state index < -0.39 is 0 Å². The minimum atomic E-state index is 0.284. The van der Waals surface area contributed by atoms with Crippen LogP contribution in [-0.4, -0.2) is 5.38 Å². The fourth-order valence-electron chi connectivity index (χ4n) is 1.24. The van der Waals surface area contributed by atoms with E-state index in [0.29, 0.717) is 0 Å². The maximum Gasteiger partial charge on any atom is 0.0373 e. The lowest BCUT2D eigenvalue weighted by molar-refractivity contribution is 0.805.